The Morgan fingerprint density at radius 2 is 2.19 bits per heavy atom. The van der Waals surface area contributed by atoms with E-state index in [0.29, 0.717) is 0 Å². The van der Waals surface area contributed by atoms with Gasteiger partial charge < -0.3 is 5.32 Å². The molecule has 0 spiro atoms. The Morgan fingerprint density at radius 1 is 1.38 bits per heavy atom. The van der Waals surface area contributed by atoms with Crippen LogP contribution in [0.4, 0.5) is 0 Å². The van der Waals surface area contributed by atoms with Crippen LogP contribution in [-0.4, -0.2) is 39.5 Å². The Morgan fingerprint density at radius 3 is 2.81 bits per heavy atom. The molecule has 1 atom stereocenters. The van der Waals surface area contributed by atoms with Gasteiger partial charge >= 0.3 is 0 Å². The zero-order valence-electron chi connectivity index (χ0n) is 13.9. The van der Waals surface area contributed by atoms with Crippen molar-refractivity contribution in [3.63, 3.8) is 0 Å². The topological polar surface area (TPSA) is 28.2 Å². The van der Waals surface area contributed by atoms with Crippen molar-refractivity contribution >= 4 is 11.8 Å². The molecule has 0 bridgehead atoms. The van der Waals surface area contributed by atoms with Gasteiger partial charge in [-0.25, -0.2) is 0 Å². The first kappa shape index (κ1) is 16.8. The normalized spacial score (nSPS) is 20.7. The summed E-state index contributed by atoms with van der Waals surface area (Å²) in [4.78, 5) is 7.18. The van der Waals surface area contributed by atoms with Gasteiger partial charge in [-0.2, -0.15) is 11.8 Å². The van der Waals surface area contributed by atoms with Gasteiger partial charge in [-0.05, 0) is 38.8 Å². The smallest absolute Gasteiger partial charge is 0.0544 e. The highest BCUT2D eigenvalue weighted by Crippen LogP contribution is 2.22. The molecule has 3 nitrogen and oxygen atoms in total. The number of nitrogens with one attached hydrogen (secondary N) is 1. The van der Waals surface area contributed by atoms with Gasteiger partial charge in [0.05, 0.1) is 5.69 Å². The van der Waals surface area contributed by atoms with Gasteiger partial charge in [-0.3, -0.25) is 9.88 Å². The molecule has 1 aromatic rings. The van der Waals surface area contributed by atoms with Crippen LogP contribution in [0.15, 0.2) is 18.3 Å². The zero-order chi connectivity index (χ0) is 15.3. The minimum Gasteiger partial charge on any atom is -0.308 e. The number of rotatable bonds is 5. The SMILES string of the molecule is CCC1CN(Cc2ccc(CNC(C)(C)C)cn2)CCS1. The maximum Gasteiger partial charge on any atom is 0.0544 e. The Balaban J connectivity index is 1.84. The molecule has 1 saturated heterocycles. The number of thioether (sulfide) groups is 1. The summed E-state index contributed by atoms with van der Waals surface area (Å²) in [7, 11) is 0. The first-order chi connectivity index (χ1) is 9.96. The van der Waals surface area contributed by atoms with Gasteiger partial charge in [0.15, 0.2) is 0 Å². The molecule has 0 aliphatic carbocycles. The number of aromatic nitrogens is 1. The van der Waals surface area contributed by atoms with Crippen LogP contribution in [0.3, 0.4) is 0 Å². The van der Waals surface area contributed by atoms with E-state index in [1.54, 1.807) is 0 Å². The van der Waals surface area contributed by atoms with Crippen LogP contribution in [0.5, 0.6) is 0 Å². The van der Waals surface area contributed by atoms with Crippen molar-refractivity contribution in [2.45, 2.75) is 58.0 Å². The van der Waals surface area contributed by atoms with Crippen molar-refractivity contribution in [2.24, 2.45) is 0 Å². The van der Waals surface area contributed by atoms with E-state index in [1.807, 2.05) is 6.20 Å². The second-order valence-corrected chi connectivity index (χ2v) is 8.31. The van der Waals surface area contributed by atoms with Crippen molar-refractivity contribution in [1.29, 1.82) is 0 Å². The summed E-state index contributed by atoms with van der Waals surface area (Å²) in [5.74, 6) is 1.26. The average Bonchev–Trinajstić information content (AvgIpc) is 2.46. The molecule has 0 radical (unpaired) electrons. The van der Waals surface area contributed by atoms with Gasteiger partial charge in [0, 0.05) is 48.9 Å². The lowest BCUT2D eigenvalue weighted by Gasteiger charge is -2.31. The molecule has 1 unspecified atom stereocenters. The second kappa shape index (κ2) is 7.61. The molecule has 0 aromatic carbocycles. The molecule has 1 aliphatic heterocycles. The van der Waals surface area contributed by atoms with E-state index < -0.39 is 0 Å². The Kier molecular flexibility index (Phi) is 6.08. The van der Waals surface area contributed by atoms with Crippen molar-refractivity contribution in [3.05, 3.63) is 29.6 Å². The zero-order valence-corrected chi connectivity index (χ0v) is 14.7. The van der Waals surface area contributed by atoms with Crippen LogP contribution >= 0.6 is 11.8 Å². The fourth-order valence-electron chi connectivity index (χ4n) is 2.42. The molecule has 2 heterocycles. The molecule has 0 amide bonds. The molecular formula is C17H29N3S. The highest BCUT2D eigenvalue weighted by atomic mass is 32.2. The van der Waals surface area contributed by atoms with Gasteiger partial charge in [0.25, 0.3) is 0 Å². The van der Waals surface area contributed by atoms with Crippen molar-refractivity contribution in [1.82, 2.24) is 15.2 Å². The van der Waals surface area contributed by atoms with Gasteiger partial charge in [-0.15, -0.1) is 0 Å². The maximum absolute atomic E-state index is 4.64. The molecule has 1 aromatic heterocycles. The van der Waals surface area contributed by atoms with Crippen LogP contribution in [0, 0.1) is 0 Å². The fourth-order valence-corrected chi connectivity index (χ4v) is 3.67. The lowest BCUT2D eigenvalue weighted by Crippen LogP contribution is -2.37. The number of pyridine rings is 1. The third kappa shape index (κ3) is 5.97. The largest absolute Gasteiger partial charge is 0.308 e. The third-order valence-electron chi connectivity index (χ3n) is 3.77. The van der Waals surface area contributed by atoms with E-state index in [0.717, 1.165) is 18.3 Å². The third-order valence-corrected chi connectivity index (χ3v) is 5.14. The molecule has 1 fully saturated rings. The molecule has 0 saturated carbocycles. The Hall–Kier alpha value is -0.580. The molecular weight excluding hydrogens is 278 g/mol. The molecule has 1 aliphatic rings. The lowest BCUT2D eigenvalue weighted by molar-refractivity contribution is 0.270. The monoisotopic (exact) mass is 307 g/mol. The second-order valence-electron chi connectivity index (χ2n) is 6.90. The minimum atomic E-state index is 0.152. The van der Waals surface area contributed by atoms with Crippen molar-refractivity contribution in [2.75, 3.05) is 18.8 Å². The van der Waals surface area contributed by atoms with Gasteiger partial charge in [-0.1, -0.05) is 13.0 Å². The van der Waals surface area contributed by atoms with Crippen molar-refractivity contribution < 1.29 is 0 Å². The molecule has 1 N–H and O–H groups in total. The molecule has 4 heteroatoms. The lowest BCUT2D eigenvalue weighted by atomic mass is 10.1. The molecule has 2 rings (SSSR count). The minimum absolute atomic E-state index is 0.152. The first-order valence-electron chi connectivity index (χ1n) is 7.99. The Bertz CT molecular complexity index is 425. The van der Waals surface area contributed by atoms with Crippen LogP contribution in [0.2, 0.25) is 0 Å². The number of hydrogen-bond donors (Lipinski definition) is 1. The predicted octanol–water partition coefficient (Wildman–Crippen LogP) is 3.30. The summed E-state index contributed by atoms with van der Waals surface area (Å²) < 4.78 is 0. The van der Waals surface area contributed by atoms with E-state index in [-0.39, 0.29) is 5.54 Å². The predicted molar refractivity (Wildman–Crippen MR) is 92.6 cm³/mol. The van der Waals surface area contributed by atoms with E-state index in [2.05, 4.69) is 66.8 Å². The van der Waals surface area contributed by atoms with Gasteiger partial charge in [0.1, 0.15) is 0 Å². The highest BCUT2D eigenvalue weighted by molar-refractivity contribution is 8.00. The van der Waals surface area contributed by atoms with Gasteiger partial charge in [0.2, 0.25) is 0 Å². The highest BCUT2D eigenvalue weighted by Gasteiger charge is 2.19. The molecule has 21 heavy (non-hydrogen) atoms. The molecule has 118 valence electrons. The van der Waals surface area contributed by atoms with Crippen LogP contribution < -0.4 is 5.32 Å². The van der Waals surface area contributed by atoms with Crippen LogP contribution in [-0.2, 0) is 13.1 Å². The quantitative estimate of drug-likeness (QED) is 0.903. The average molecular weight is 308 g/mol. The first-order valence-corrected chi connectivity index (χ1v) is 9.04. The summed E-state index contributed by atoms with van der Waals surface area (Å²) in [5.41, 5.74) is 2.60. The summed E-state index contributed by atoms with van der Waals surface area (Å²) in [6.07, 6.45) is 3.29. The summed E-state index contributed by atoms with van der Waals surface area (Å²) >= 11 is 2.12. The van der Waals surface area contributed by atoms with E-state index >= 15 is 0 Å². The fraction of sp³-hybridized carbons (Fsp3) is 0.706. The number of nitrogens with zero attached hydrogens (tertiary/aromatic N) is 2. The van der Waals surface area contributed by atoms with E-state index in [1.165, 1.54) is 36.5 Å². The van der Waals surface area contributed by atoms with E-state index in [4.69, 9.17) is 0 Å². The van der Waals surface area contributed by atoms with Crippen LogP contribution in [0.1, 0.15) is 45.4 Å². The summed E-state index contributed by atoms with van der Waals surface area (Å²) in [6.45, 7) is 13.1. The standard InChI is InChI=1S/C17H29N3S/c1-5-16-13-20(8-9-21-16)12-15-7-6-14(10-18-15)11-19-17(2,3)4/h6-7,10,16,19H,5,8-9,11-13H2,1-4H3. The summed E-state index contributed by atoms with van der Waals surface area (Å²) in [6, 6.07) is 4.39. The van der Waals surface area contributed by atoms with Crippen molar-refractivity contribution in [3.8, 4) is 0 Å². The van der Waals surface area contributed by atoms with Crippen LogP contribution in [0.25, 0.3) is 0 Å². The summed E-state index contributed by atoms with van der Waals surface area (Å²) in [5, 5.41) is 4.30. The number of hydrogen-bond acceptors (Lipinski definition) is 4. The maximum atomic E-state index is 4.64. The Labute approximate surface area is 133 Å². The van der Waals surface area contributed by atoms with E-state index in [9.17, 15) is 0 Å².